The fourth-order valence-electron chi connectivity index (χ4n) is 1.79. The molecule has 0 bridgehead atoms. The van der Waals surface area contributed by atoms with Gasteiger partial charge in [-0.2, -0.15) is 0 Å². The third-order valence-electron chi connectivity index (χ3n) is 2.61. The molecule has 5 nitrogen and oxygen atoms in total. The Hall–Kier alpha value is -2.30. The molecule has 1 aromatic rings. The number of nitrogens with two attached hydrogens (primary N) is 1. The van der Waals surface area contributed by atoms with Crippen molar-refractivity contribution in [3.05, 3.63) is 41.0 Å². The van der Waals surface area contributed by atoms with E-state index in [1.54, 1.807) is 25.1 Å². The molecule has 0 heterocycles. The molecular formula is C15H19NO4. The number of amides is 1. The zero-order chi connectivity index (χ0) is 15.1. The van der Waals surface area contributed by atoms with Crippen LogP contribution in [0.15, 0.2) is 24.3 Å². The minimum absolute atomic E-state index is 0.246. The molecule has 0 saturated carbocycles. The Kier molecular flexibility index (Phi) is 5.77. The number of carbonyl (C=O) groups excluding carboxylic acids is 2. The summed E-state index contributed by atoms with van der Waals surface area (Å²) >= 11 is 0. The van der Waals surface area contributed by atoms with Gasteiger partial charge < -0.3 is 15.2 Å². The summed E-state index contributed by atoms with van der Waals surface area (Å²) in [6, 6.07) is 3.36. The molecule has 1 aromatic carbocycles. The van der Waals surface area contributed by atoms with Crippen molar-refractivity contribution in [2.24, 2.45) is 5.73 Å². The fraction of sp³-hybridized carbons (Fsp3) is 0.333. The second-order valence-corrected chi connectivity index (χ2v) is 4.27. The molecule has 0 spiro atoms. The predicted molar refractivity (Wildman–Crippen MR) is 75.7 cm³/mol. The quantitative estimate of drug-likeness (QED) is 0.636. The topological polar surface area (TPSA) is 78.6 Å². The molecule has 0 aliphatic carbocycles. The molecule has 0 fully saturated rings. The number of hydrogen-bond acceptors (Lipinski definition) is 4. The third-order valence-corrected chi connectivity index (χ3v) is 2.61. The van der Waals surface area contributed by atoms with Gasteiger partial charge in [0.15, 0.2) is 0 Å². The van der Waals surface area contributed by atoms with Crippen molar-refractivity contribution in [1.82, 2.24) is 0 Å². The van der Waals surface area contributed by atoms with Crippen molar-refractivity contribution in [2.45, 2.75) is 20.8 Å². The Labute approximate surface area is 118 Å². The van der Waals surface area contributed by atoms with Gasteiger partial charge in [-0.25, -0.2) is 4.79 Å². The lowest BCUT2D eigenvalue weighted by molar-refractivity contribution is -0.137. The Morgan fingerprint density at radius 1 is 1.25 bits per heavy atom. The first kappa shape index (κ1) is 15.8. The van der Waals surface area contributed by atoms with Gasteiger partial charge in [-0.3, -0.25) is 4.79 Å². The second-order valence-electron chi connectivity index (χ2n) is 4.27. The van der Waals surface area contributed by atoms with Crippen LogP contribution in [0.4, 0.5) is 0 Å². The van der Waals surface area contributed by atoms with Crippen molar-refractivity contribution in [3.8, 4) is 5.75 Å². The minimum Gasteiger partial charge on any atom is -0.489 e. The standard InChI is InChI=1S/C15H19NO4/c1-4-19-13(17)6-5-7-20-14-10(2)8-12(15(16)18)9-11(14)3/h5-6,8-9H,4,7H2,1-3H3,(H2,16,18)/b6-5+. The first-order valence-corrected chi connectivity index (χ1v) is 6.32. The van der Waals surface area contributed by atoms with Gasteiger partial charge in [-0.15, -0.1) is 0 Å². The molecule has 0 atom stereocenters. The molecular weight excluding hydrogens is 258 g/mol. The van der Waals surface area contributed by atoms with E-state index in [0.29, 0.717) is 17.9 Å². The molecule has 0 aliphatic heterocycles. The number of rotatable bonds is 6. The Balaban J connectivity index is 2.69. The molecule has 108 valence electrons. The molecule has 20 heavy (non-hydrogen) atoms. The van der Waals surface area contributed by atoms with E-state index in [0.717, 1.165) is 11.1 Å². The lowest BCUT2D eigenvalue weighted by Crippen LogP contribution is -2.12. The molecule has 5 heteroatoms. The number of primary amides is 1. The van der Waals surface area contributed by atoms with Crippen molar-refractivity contribution >= 4 is 11.9 Å². The average Bonchev–Trinajstić information content (AvgIpc) is 2.36. The molecule has 1 rings (SSSR count). The van der Waals surface area contributed by atoms with E-state index >= 15 is 0 Å². The van der Waals surface area contributed by atoms with Gasteiger partial charge in [-0.1, -0.05) is 0 Å². The first-order valence-electron chi connectivity index (χ1n) is 6.32. The van der Waals surface area contributed by atoms with Gasteiger partial charge in [0, 0.05) is 11.6 Å². The van der Waals surface area contributed by atoms with Crippen LogP contribution in [0.5, 0.6) is 5.75 Å². The zero-order valence-corrected chi connectivity index (χ0v) is 11.9. The number of benzene rings is 1. The predicted octanol–water partition coefficient (Wildman–Crippen LogP) is 1.90. The molecule has 0 aromatic heterocycles. The van der Waals surface area contributed by atoms with E-state index in [2.05, 4.69) is 0 Å². The highest BCUT2D eigenvalue weighted by atomic mass is 16.5. The highest BCUT2D eigenvalue weighted by Gasteiger charge is 2.09. The van der Waals surface area contributed by atoms with Gasteiger partial charge in [-0.05, 0) is 50.1 Å². The highest BCUT2D eigenvalue weighted by Crippen LogP contribution is 2.24. The number of ether oxygens (including phenoxy) is 2. The first-order chi connectivity index (χ1) is 9.45. The van der Waals surface area contributed by atoms with Crippen LogP contribution in [0.2, 0.25) is 0 Å². The molecule has 2 N–H and O–H groups in total. The van der Waals surface area contributed by atoms with Crippen LogP contribution in [0.3, 0.4) is 0 Å². The normalized spacial score (nSPS) is 10.6. The smallest absolute Gasteiger partial charge is 0.330 e. The number of hydrogen-bond donors (Lipinski definition) is 1. The number of esters is 1. The summed E-state index contributed by atoms with van der Waals surface area (Å²) in [6.45, 7) is 6.01. The lowest BCUT2D eigenvalue weighted by atomic mass is 10.1. The van der Waals surface area contributed by atoms with E-state index in [4.69, 9.17) is 15.2 Å². The molecule has 0 aliphatic rings. The second kappa shape index (κ2) is 7.33. The molecule has 0 radical (unpaired) electrons. The van der Waals surface area contributed by atoms with E-state index in [1.165, 1.54) is 6.08 Å². The average molecular weight is 277 g/mol. The fourth-order valence-corrected chi connectivity index (χ4v) is 1.79. The maximum atomic E-state index is 11.1. The van der Waals surface area contributed by atoms with Crippen molar-refractivity contribution < 1.29 is 19.1 Å². The van der Waals surface area contributed by atoms with Crippen LogP contribution in [-0.4, -0.2) is 25.1 Å². The van der Waals surface area contributed by atoms with E-state index in [-0.39, 0.29) is 6.61 Å². The van der Waals surface area contributed by atoms with Crippen molar-refractivity contribution in [3.63, 3.8) is 0 Å². The highest BCUT2D eigenvalue weighted by molar-refractivity contribution is 5.93. The maximum absolute atomic E-state index is 11.1. The number of aryl methyl sites for hydroxylation is 2. The van der Waals surface area contributed by atoms with E-state index in [9.17, 15) is 9.59 Å². The van der Waals surface area contributed by atoms with E-state index in [1.807, 2.05) is 13.8 Å². The lowest BCUT2D eigenvalue weighted by Gasteiger charge is -2.11. The Bertz CT molecular complexity index is 512. The van der Waals surface area contributed by atoms with Gasteiger partial charge >= 0.3 is 5.97 Å². The molecule has 0 unspecified atom stereocenters. The Morgan fingerprint density at radius 3 is 2.35 bits per heavy atom. The van der Waals surface area contributed by atoms with Crippen LogP contribution in [0.1, 0.15) is 28.4 Å². The largest absolute Gasteiger partial charge is 0.489 e. The minimum atomic E-state index is -0.468. The van der Waals surface area contributed by atoms with Gasteiger partial charge in [0.2, 0.25) is 5.91 Å². The van der Waals surface area contributed by atoms with Crippen LogP contribution in [0, 0.1) is 13.8 Å². The number of carbonyl (C=O) groups is 2. The van der Waals surface area contributed by atoms with Crippen LogP contribution in [0.25, 0.3) is 0 Å². The van der Waals surface area contributed by atoms with E-state index < -0.39 is 11.9 Å². The summed E-state index contributed by atoms with van der Waals surface area (Å²) in [5.74, 6) is -0.179. The monoisotopic (exact) mass is 277 g/mol. The Morgan fingerprint density at radius 2 is 1.85 bits per heavy atom. The zero-order valence-electron chi connectivity index (χ0n) is 11.9. The summed E-state index contributed by atoms with van der Waals surface area (Å²) in [5.41, 5.74) is 7.34. The van der Waals surface area contributed by atoms with Crippen LogP contribution < -0.4 is 10.5 Å². The maximum Gasteiger partial charge on any atom is 0.330 e. The summed E-state index contributed by atoms with van der Waals surface area (Å²) in [7, 11) is 0. The summed E-state index contributed by atoms with van der Waals surface area (Å²) in [4.78, 5) is 22.2. The van der Waals surface area contributed by atoms with Gasteiger partial charge in [0.1, 0.15) is 12.4 Å². The van der Waals surface area contributed by atoms with Gasteiger partial charge in [0.25, 0.3) is 0 Å². The van der Waals surface area contributed by atoms with Crippen molar-refractivity contribution in [1.29, 1.82) is 0 Å². The molecule has 0 saturated heterocycles. The summed E-state index contributed by atoms with van der Waals surface area (Å²) < 4.78 is 10.3. The van der Waals surface area contributed by atoms with Crippen molar-refractivity contribution in [2.75, 3.05) is 13.2 Å². The molecule has 1 amide bonds. The SMILES string of the molecule is CCOC(=O)/C=C/COc1c(C)cc(C(N)=O)cc1C. The summed E-state index contributed by atoms with van der Waals surface area (Å²) in [5, 5.41) is 0. The summed E-state index contributed by atoms with van der Waals surface area (Å²) in [6.07, 6.45) is 2.91. The van der Waals surface area contributed by atoms with Gasteiger partial charge in [0.05, 0.1) is 6.61 Å². The van der Waals surface area contributed by atoms with Crippen LogP contribution in [-0.2, 0) is 9.53 Å². The van der Waals surface area contributed by atoms with Crippen LogP contribution >= 0.6 is 0 Å². The third kappa shape index (κ3) is 4.42.